The third kappa shape index (κ3) is 6.95. The fraction of sp³-hybridized carbons (Fsp3) is 0.522. The Morgan fingerprint density at radius 1 is 1.24 bits per heavy atom. The Hall–Kier alpha value is -2.87. The van der Waals surface area contributed by atoms with Gasteiger partial charge in [0, 0.05) is 12.3 Å². The van der Waals surface area contributed by atoms with Gasteiger partial charge in [-0.05, 0) is 39.8 Å². The topological polar surface area (TPSA) is 178 Å². The Morgan fingerprint density at radius 2 is 1.89 bits per heavy atom. The minimum absolute atomic E-state index is 0.0630. The minimum atomic E-state index is -4.53. The second-order valence-electron chi connectivity index (χ2n) is 9.09. The van der Waals surface area contributed by atoms with Gasteiger partial charge in [-0.2, -0.15) is 5.09 Å². The molecule has 210 valence electrons. The third-order valence-electron chi connectivity index (χ3n) is 5.59. The Kier molecular flexibility index (Phi) is 9.29. The van der Waals surface area contributed by atoms with Gasteiger partial charge in [0.25, 0.3) is 11.4 Å². The van der Waals surface area contributed by atoms with E-state index in [1.807, 2.05) is 4.98 Å². The van der Waals surface area contributed by atoms with Crippen LogP contribution in [0.2, 0.25) is 0 Å². The van der Waals surface area contributed by atoms with Gasteiger partial charge < -0.3 is 24.2 Å². The summed E-state index contributed by atoms with van der Waals surface area (Å²) in [7, 11) is -4.53. The number of nitrogens with one attached hydrogen (secondary N) is 2. The monoisotopic (exact) mass is 559 g/mol. The van der Waals surface area contributed by atoms with Crippen molar-refractivity contribution in [2.45, 2.75) is 64.1 Å². The van der Waals surface area contributed by atoms with Gasteiger partial charge in [-0.15, -0.1) is 0 Å². The molecule has 1 aromatic carbocycles. The summed E-state index contributed by atoms with van der Waals surface area (Å²) in [5.74, 6) is -5.21. The quantitative estimate of drug-likeness (QED) is 0.230. The standard InChI is InChI=1S/C23H31FN3O10P/c1-13(2)35-21(31)14(3)26-38(33,37-16-8-6-5-7-9-16)34-12-23(24)19(30)18(15(4)28)20(36-23)27-11-10-17(29)25-22(27)32/h5-11,13-15,18-20,28,30H,12H2,1-4H3,(H,26,33)(H,25,29,32)/t14?,15?,18?,19-,20+,23+,38+/m0/s1. The second-order valence-corrected chi connectivity index (χ2v) is 10.8. The number of benzene rings is 1. The Labute approximate surface area is 217 Å². The molecule has 3 rings (SSSR count). The summed E-state index contributed by atoms with van der Waals surface area (Å²) in [5, 5.41) is 23.4. The largest absolute Gasteiger partial charge is 0.462 e. The van der Waals surface area contributed by atoms with Crippen LogP contribution in [0.25, 0.3) is 0 Å². The first-order chi connectivity index (χ1) is 17.7. The second kappa shape index (κ2) is 11.9. The molecule has 1 aromatic heterocycles. The lowest BCUT2D eigenvalue weighted by Crippen LogP contribution is -2.44. The number of ether oxygens (including phenoxy) is 2. The van der Waals surface area contributed by atoms with Crippen molar-refractivity contribution in [3.63, 3.8) is 0 Å². The first-order valence-electron chi connectivity index (χ1n) is 11.8. The highest BCUT2D eigenvalue weighted by atomic mass is 31.2. The molecule has 4 N–H and O–H groups in total. The molecule has 0 saturated carbocycles. The Balaban J connectivity index is 1.87. The number of carbonyl (C=O) groups is 1. The average Bonchev–Trinajstić information content (AvgIpc) is 3.09. The van der Waals surface area contributed by atoms with E-state index in [1.165, 1.54) is 26.0 Å². The van der Waals surface area contributed by atoms with Crippen molar-refractivity contribution in [3.05, 3.63) is 63.4 Å². The zero-order valence-electron chi connectivity index (χ0n) is 21.1. The molecule has 15 heteroatoms. The first-order valence-corrected chi connectivity index (χ1v) is 13.3. The van der Waals surface area contributed by atoms with Crippen molar-refractivity contribution >= 4 is 13.7 Å². The number of aromatic nitrogens is 2. The van der Waals surface area contributed by atoms with Crippen LogP contribution >= 0.6 is 7.75 Å². The van der Waals surface area contributed by atoms with E-state index in [2.05, 4.69) is 5.09 Å². The number of aliphatic hydroxyl groups is 2. The molecular weight excluding hydrogens is 528 g/mol. The molecule has 0 radical (unpaired) electrons. The van der Waals surface area contributed by atoms with Crippen molar-refractivity contribution in [2.75, 3.05) is 6.61 Å². The summed E-state index contributed by atoms with van der Waals surface area (Å²) < 4.78 is 51.6. The van der Waals surface area contributed by atoms with Crippen LogP contribution in [0.1, 0.15) is 33.9 Å². The molecular formula is C23H31FN3O10P. The third-order valence-corrected chi connectivity index (χ3v) is 7.22. The number of carbonyl (C=O) groups excluding carboxylic acids is 1. The SMILES string of the molecule is CC(C)OC(=O)C(C)N[P@@](=O)(OC[C@@]1(F)O[C@@H](n2ccc(=O)[nH]c2=O)C(C(C)O)[C@@H]1O)Oc1ccccc1. The molecule has 2 heterocycles. The zero-order chi connectivity index (χ0) is 28.3. The van der Waals surface area contributed by atoms with Crippen LogP contribution in [0.5, 0.6) is 5.75 Å². The summed E-state index contributed by atoms with van der Waals surface area (Å²) in [4.78, 5) is 38.0. The van der Waals surface area contributed by atoms with Crippen molar-refractivity contribution in [1.29, 1.82) is 0 Å². The molecule has 0 aliphatic carbocycles. The number of aromatic amines is 1. The van der Waals surface area contributed by atoms with E-state index in [9.17, 15) is 29.2 Å². The zero-order valence-corrected chi connectivity index (χ0v) is 22.0. The van der Waals surface area contributed by atoms with Crippen molar-refractivity contribution < 1.29 is 42.5 Å². The number of alkyl halides is 1. The first kappa shape index (κ1) is 29.7. The number of hydrogen-bond acceptors (Lipinski definition) is 10. The highest BCUT2D eigenvalue weighted by Crippen LogP contribution is 2.49. The van der Waals surface area contributed by atoms with Crippen LogP contribution in [0.4, 0.5) is 4.39 Å². The lowest BCUT2D eigenvalue weighted by atomic mass is 9.93. The molecule has 0 amide bonds. The van der Waals surface area contributed by atoms with Crippen LogP contribution < -0.4 is 20.9 Å². The van der Waals surface area contributed by atoms with E-state index in [-0.39, 0.29) is 5.75 Å². The molecule has 2 aromatic rings. The summed E-state index contributed by atoms with van der Waals surface area (Å²) in [5.41, 5.74) is -1.69. The van der Waals surface area contributed by atoms with Crippen molar-refractivity contribution in [1.82, 2.24) is 14.6 Å². The van der Waals surface area contributed by atoms with Crippen LogP contribution in [-0.2, 0) is 23.4 Å². The number of halogens is 1. The van der Waals surface area contributed by atoms with E-state index in [0.29, 0.717) is 0 Å². The summed E-state index contributed by atoms with van der Waals surface area (Å²) in [6, 6.07) is 7.49. The van der Waals surface area contributed by atoms with Gasteiger partial charge in [-0.25, -0.2) is 13.8 Å². The number of hydrogen-bond donors (Lipinski definition) is 4. The van der Waals surface area contributed by atoms with Crippen molar-refractivity contribution in [2.24, 2.45) is 5.92 Å². The molecule has 38 heavy (non-hydrogen) atoms. The van der Waals surface area contributed by atoms with E-state index >= 15 is 4.39 Å². The van der Waals surface area contributed by atoms with Crippen LogP contribution in [0.15, 0.2) is 52.2 Å². The van der Waals surface area contributed by atoms with Gasteiger partial charge in [0.15, 0.2) is 0 Å². The molecule has 3 unspecified atom stereocenters. The smallest absolute Gasteiger partial charge is 0.459 e. The van der Waals surface area contributed by atoms with Gasteiger partial charge >= 0.3 is 19.4 Å². The lowest BCUT2D eigenvalue weighted by Gasteiger charge is -2.28. The maximum Gasteiger partial charge on any atom is 0.459 e. The van der Waals surface area contributed by atoms with Crippen LogP contribution in [-0.4, -0.2) is 62.5 Å². The Bertz CT molecular complexity index is 1270. The van der Waals surface area contributed by atoms with Gasteiger partial charge in [0.05, 0.1) is 18.1 Å². The fourth-order valence-electron chi connectivity index (χ4n) is 3.79. The maximum atomic E-state index is 16.0. The number of H-pyrrole nitrogens is 1. The predicted molar refractivity (Wildman–Crippen MR) is 131 cm³/mol. The number of aliphatic hydroxyl groups excluding tert-OH is 2. The molecule has 0 bridgehead atoms. The highest BCUT2D eigenvalue weighted by molar-refractivity contribution is 7.52. The molecule has 1 aliphatic rings. The summed E-state index contributed by atoms with van der Waals surface area (Å²) in [6.45, 7) is 4.63. The molecule has 1 aliphatic heterocycles. The minimum Gasteiger partial charge on any atom is -0.462 e. The number of para-hydroxylation sites is 1. The maximum absolute atomic E-state index is 16.0. The van der Waals surface area contributed by atoms with Gasteiger partial charge in [-0.1, -0.05) is 18.2 Å². The Morgan fingerprint density at radius 3 is 2.47 bits per heavy atom. The molecule has 13 nitrogen and oxygen atoms in total. The molecule has 0 spiro atoms. The van der Waals surface area contributed by atoms with Gasteiger partial charge in [-0.3, -0.25) is 23.7 Å². The van der Waals surface area contributed by atoms with Crippen LogP contribution in [0, 0.1) is 5.92 Å². The number of nitrogens with zero attached hydrogens (tertiary/aromatic N) is 1. The van der Waals surface area contributed by atoms with E-state index in [0.717, 1.165) is 16.8 Å². The molecule has 7 atom stereocenters. The van der Waals surface area contributed by atoms with E-state index < -0.39 is 73.9 Å². The van der Waals surface area contributed by atoms with E-state index in [4.69, 9.17) is 18.5 Å². The normalized spacial score (nSPS) is 26.5. The summed E-state index contributed by atoms with van der Waals surface area (Å²) in [6.07, 6.45) is -4.47. The summed E-state index contributed by atoms with van der Waals surface area (Å²) >= 11 is 0. The average molecular weight is 559 g/mol. The number of esters is 1. The predicted octanol–water partition coefficient (Wildman–Crippen LogP) is 1.22. The lowest BCUT2D eigenvalue weighted by molar-refractivity contribution is -0.204. The van der Waals surface area contributed by atoms with Crippen LogP contribution in [0.3, 0.4) is 0 Å². The van der Waals surface area contributed by atoms with Gasteiger partial charge in [0.2, 0.25) is 0 Å². The number of rotatable bonds is 11. The molecule has 1 saturated heterocycles. The van der Waals surface area contributed by atoms with E-state index in [1.54, 1.807) is 32.0 Å². The fourth-order valence-corrected chi connectivity index (χ4v) is 5.30. The highest BCUT2D eigenvalue weighted by Gasteiger charge is 2.59. The van der Waals surface area contributed by atoms with Crippen molar-refractivity contribution in [3.8, 4) is 5.75 Å². The molecule has 1 fully saturated rings. The van der Waals surface area contributed by atoms with Gasteiger partial charge in [0.1, 0.15) is 30.7 Å².